The van der Waals surface area contributed by atoms with Crippen LogP contribution in [0.3, 0.4) is 0 Å². The Morgan fingerprint density at radius 1 is 1.39 bits per heavy atom. The molecule has 0 fully saturated rings. The molecule has 1 atom stereocenters. The molecule has 174 valence electrons. The summed E-state index contributed by atoms with van der Waals surface area (Å²) in [5.41, 5.74) is 2.03. The zero-order valence-electron chi connectivity index (χ0n) is 19.5. The summed E-state index contributed by atoms with van der Waals surface area (Å²) in [7, 11) is 0. The van der Waals surface area contributed by atoms with Gasteiger partial charge in [0.05, 0.1) is 11.3 Å². The van der Waals surface area contributed by atoms with Crippen molar-refractivity contribution in [3.05, 3.63) is 44.2 Å². The molecule has 0 spiro atoms. The summed E-state index contributed by atoms with van der Waals surface area (Å²) in [5.74, 6) is 1.62. The van der Waals surface area contributed by atoms with E-state index in [4.69, 9.17) is 0 Å². The number of amides is 1. The van der Waals surface area contributed by atoms with E-state index in [2.05, 4.69) is 65.3 Å². The van der Waals surface area contributed by atoms with Crippen molar-refractivity contribution in [1.29, 1.82) is 5.26 Å². The summed E-state index contributed by atoms with van der Waals surface area (Å²) in [6.07, 6.45) is 3.72. The van der Waals surface area contributed by atoms with Crippen LogP contribution in [0.2, 0.25) is 0 Å². The predicted molar refractivity (Wildman–Crippen MR) is 136 cm³/mol. The number of hydrogen-bond acceptors (Lipinski definition) is 7. The van der Waals surface area contributed by atoms with Gasteiger partial charge in [0.25, 0.3) is 0 Å². The molecule has 0 radical (unpaired) electrons. The van der Waals surface area contributed by atoms with Crippen LogP contribution in [-0.2, 0) is 30.6 Å². The van der Waals surface area contributed by atoms with Crippen molar-refractivity contribution in [3.63, 3.8) is 0 Å². The third-order valence-electron chi connectivity index (χ3n) is 6.21. The molecule has 3 heterocycles. The van der Waals surface area contributed by atoms with Crippen LogP contribution >= 0.6 is 34.4 Å². The first-order valence-electron chi connectivity index (χ1n) is 11.2. The molecule has 33 heavy (non-hydrogen) atoms. The average Bonchev–Trinajstić information content (AvgIpc) is 3.49. The van der Waals surface area contributed by atoms with E-state index in [1.165, 1.54) is 21.5 Å². The molecule has 1 aliphatic carbocycles. The van der Waals surface area contributed by atoms with Crippen molar-refractivity contribution in [2.24, 2.45) is 11.3 Å². The molecule has 0 bridgehead atoms. The van der Waals surface area contributed by atoms with Gasteiger partial charge < -0.3 is 9.88 Å². The Balaban J connectivity index is 1.42. The zero-order chi connectivity index (χ0) is 23.6. The van der Waals surface area contributed by atoms with Crippen LogP contribution in [0.5, 0.6) is 0 Å². The lowest BCUT2D eigenvalue weighted by atomic mass is 9.72. The predicted octanol–water partition coefficient (Wildman–Crippen LogP) is 5.77. The molecular weight excluding hydrogens is 470 g/mol. The number of rotatable bonds is 7. The number of fused-ring (bicyclic) bond motifs is 1. The van der Waals surface area contributed by atoms with Gasteiger partial charge in [0.2, 0.25) is 5.91 Å². The molecule has 4 rings (SSSR count). The zero-order valence-corrected chi connectivity index (χ0v) is 21.9. The third kappa shape index (κ3) is 5.34. The molecule has 1 N–H and O–H groups in total. The van der Waals surface area contributed by atoms with E-state index in [9.17, 15) is 10.1 Å². The van der Waals surface area contributed by atoms with E-state index < -0.39 is 0 Å². The minimum atomic E-state index is -0.118. The van der Waals surface area contributed by atoms with E-state index in [0.717, 1.165) is 48.8 Å². The summed E-state index contributed by atoms with van der Waals surface area (Å²) < 4.78 is 2.06. The van der Waals surface area contributed by atoms with Crippen molar-refractivity contribution < 1.29 is 4.79 Å². The standard InChI is InChI=1S/C24H29N5OS3/c1-5-29-20(12-16-7-6-10-31-16)27-28-23(29)32-14-21(30)26-22-18(13-25)17-9-8-15(24(2,3)4)11-19(17)33-22/h6-7,10,15H,5,8-9,11-12,14H2,1-4H3,(H,26,30). The summed E-state index contributed by atoms with van der Waals surface area (Å²) in [4.78, 5) is 15.3. The second kappa shape index (κ2) is 10.00. The number of carbonyl (C=O) groups excluding carboxylic acids is 1. The van der Waals surface area contributed by atoms with E-state index in [1.807, 2.05) is 6.07 Å². The lowest BCUT2D eigenvalue weighted by Gasteiger charge is -2.33. The molecule has 1 unspecified atom stereocenters. The molecule has 1 amide bonds. The highest BCUT2D eigenvalue weighted by atomic mass is 32.2. The molecular formula is C24H29N5OS3. The van der Waals surface area contributed by atoms with Crippen molar-refractivity contribution in [1.82, 2.24) is 14.8 Å². The van der Waals surface area contributed by atoms with Gasteiger partial charge in [-0.3, -0.25) is 4.79 Å². The van der Waals surface area contributed by atoms with Crippen LogP contribution in [0.1, 0.15) is 60.8 Å². The van der Waals surface area contributed by atoms with Gasteiger partial charge in [-0.25, -0.2) is 0 Å². The maximum absolute atomic E-state index is 12.8. The number of carbonyl (C=O) groups is 1. The molecule has 6 nitrogen and oxygen atoms in total. The Labute approximate surface area is 207 Å². The SMILES string of the molecule is CCn1c(Cc2cccs2)nnc1SCC(=O)Nc1sc2c(c1C#N)CCC(C(C)(C)C)C2. The Morgan fingerprint density at radius 3 is 2.88 bits per heavy atom. The summed E-state index contributed by atoms with van der Waals surface area (Å²) in [6, 6.07) is 6.47. The fourth-order valence-corrected chi connectivity index (χ4v) is 7.08. The van der Waals surface area contributed by atoms with Crippen LogP contribution in [0.25, 0.3) is 0 Å². The average molecular weight is 500 g/mol. The topological polar surface area (TPSA) is 83.6 Å². The van der Waals surface area contributed by atoms with Crippen LogP contribution < -0.4 is 5.32 Å². The molecule has 0 saturated carbocycles. The molecule has 1 aliphatic rings. The largest absolute Gasteiger partial charge is 0.316 e. The molecule has 0 saturated heterocycles. The highest BCUT2D eigenvalue weighted by molar-refractivity contribution is 7.99. The number of nitriles is 1. The second-order valence-electron chi connectivity index (χ2n) is 9.36. The van der Waals surface area contributed by atoms with Gasteiger partial charge in [-0.1, -0.05) is 38.6 Å². The molecule has 0 aromatic carbocycles. The Hall–Kier alpha value is -2.15. The summed E-state index contributed by atoms with van der Waals surface area (Å²) in [5, 5.41) is 24.9. The van der Waals surface area contributed by atoms with Gasteiger partial charge in [-0.2, -0.15) is 5.26 Å². The van der Waals surface area contributed by atoms with Crippen LogP contribution in [0.15, 0.2) is 22.7 Å². The molecule has 3 aromatic rings. The van der Waals surface area contributed by atoms with Gasteiger partial charge in [0.15, 0.2) is 5.16 Å². The highest BCUT2D eigenvalue weighted by Crippen LogP contribution is 2.44. The molecule has 9 heteroatoms. The Morgan fingerprint density at radius 2 is 2.21 bits per heavy atom. The smallest absolute Gasteiger partial charge is 0.235 e. The first kappa shape index (κ1) is 24.0. The van der Waals surface area contributed by atoms with E-state index >= 15 is 0 Å². The van der Waals surface area contributed by atoms with Gasteiger partial charge in [-0.15, -0.1) is 32.9 Å². The highest BCUT2D eigenvalue weighted by Gasteiger charge is 2.32. The quantitative estimate of drug-likeness (QED) is 0.418. The fourth-order valence-electron chi connectivity index (χ4n) is 4.27. The molecule has 3 aromatic heterocycles. The molecule has 0 aliphatic heterocycles. The normalized spacial score (nSPS) is 15.8. The van der Waals surface area contributed by atoms with Gasteiger partial charge in [-0.05, 0) is 54.5 Å². The van der Waals surface area contributed by atoms with E-state index in [1.54, 1.807) is 22.7 Å². The van der Waals surface area contributed by atoms with Gasteiger partial charge >= 0.3 is 0 Å². The summed E-state index contributed by atoms with van der Waals surface area (Å²) in [6.45, 7) is 9.65. The Bertz CT molecular complexity index is 1160. The Kier molecular flexibility index (Phi) is 7.27. The second-order valence-corrected chi connectivity index (χ2v) is 12.4. The first-order valence-corrected chi connectivity index (χ1v) is 13.9. The van der Waals surface area contributed by atoms with Crippen molar-refractivity contribution in [3.8, 4) is 6.07 Å². The van der Waals surface area contributed by atoms with Crippen LogP contribution in [0.4, 0.5) is 5.00 Å². The van der Waals surface area contributed by atoms with E-state index in [-0.39, 0.29) is 17.1 Å². The maximum atomic E-state index is 12.8. The number of anilines is 1. The van der Waals surface area contributed by atoms with Crippen LogP contribution in [0, 0.1) is 22.7 Å². The minimum Gasteiger partial charge on any atom is -0.316 e. The number of aromatic nitrogens is 3. The minimum absolute atomic E-state index is 0.118. The van der Waals surface area contributed by atoms with E-state index in [0.29, 0.717) is 16.5 Å². The van der Waals surface area contributed by atoms with Gasteiger partial charge in [0, 0.05) is 22.7 Å². The third-order valence-corrected chi connectivity index (χ3v) is 9.22. The first-order chi connectivity index (χ1) is 15.8. The van der Waals surface area contributed by atoms with Crippen molar-refractivity contribution in [2.75, 3.05) is 11.1 Å². The number of thiophene rings is 2. The van der Waals surface area contributed by atoms with Gasteiger partial charge in [0.1, 0.15) is 16.9 Å². The van der Waals surface area contributed by atoms with Crippen molar-refractivity contribution in [2.45, 2.75) is 65.1 Å². The number of nitrogens with one attached hydrogen (secondary N) is 1. The lowest BCUT2D eigenvalue weighted by molar-refractivity contribution is -0.113. The number of thioether (sulfide) groups is 1. The maximum Gasteiger partial charge on any atom is 0.235 e. The number of nitrogens with zero attached hydrogens (tertiary/aromatic N) is 4. The number of hydrogen-bond donors (Lipinski definition) is 1. The summed E-state index contributed by atoms with van der Waals surface area (Å²) >= 11 is 4.67. The van der Waals surface area contributed by atoms with Crippen molar-refractivity contribution >= 4 is 45.3 Å². The fraction of sp³-hybridized carbons (Fsp3) is 0.500. The monoisotopic (exact) mass is 499 g/mol. The van der Waals surface area contributed by atoms with Crippen LogP contribution in [-0.4, -0.2) is 26.4 Å². The lowest BCUT2D eigenvalue weighted by Crippen LogP contribution is -2.26.